The molecule has 0 aromatic carbocycles. The highest BCUT2D eigenvalue weighted by Crippen LogP contribution is 2.43. The third kappa shape index (κ3) is 3.70. The number of hydrogen-bond acceptors (Lipinski definition) is 5. The van der Waals surface area contributed by atoms with Crippen molar-refractivity contribution >= 4 is 23.3 Å². The number of nitrogens with zero attached hydrogens (tertiary/aromatic N) is 2. The van der Waals surface area contributed by atoms with Gasteiger partial charge in [0.15, 0.2) is 4.34 Å². The SMILES string of the molecule is CCNC1C(Sc2nc(CC)ns2)CCCC1(C)C. The molecular formula is C14H25N3S2. The minimum absolute atomic E-state index is 0.379. The fourth-order valence-corrected chi connectivity index (χ4v) is 5.35. The molecule has 0 saturated heterocycles. The smallest absolute Gasteiger partial charge is 0.170 e. The van der Waals surface area contributed by atoms with E-state index in [0.717, 1.165) is 23.1 Å². The van der Waals surface area contributed by atoms with Crippen molar-refractivity contribution in [2.75, 3.05) is 6.54 Å². The van der Waals surface area contributed by atoms with Crippen molar-refractivity contribution in [2.45, 2.75) is 69.0 Å². The lowest BCUT2D eigenvalue weighted by Gasteiger charge is -2.44. The first kappa shape index (κ1) is 15.3. The van der Waals surface area contributed by atoms with Crippen LogP contribution in [-0.2, 0) is 6.42 Å². The first-order valence-corrected chi connectivity index (χ1v) is 8.94. The highest BCUT2D eigenvalue weighted by molar-refractivity contribution is 8.01. The van der Waals surface area contributed by atoms with Crippen LogP contribution in [0, 0.1) is 5.41 Å². The van der Waals surface area contributed by atoms with Gasteiger partial charge in [-0.3, -0.25) is 0 Å². The van der Waals surface area contributed by atoms with E-state index >= 15 is 0 Å². The van der Waals surface area contributed by atoms with Crippen LogP contribution in [-0.4, -0.2) is 27.2 Å². The van der Waals surface area contributed by atoms with E-state index in [2.05, 4.69) is 42.4 Å². The molecule has 1 N–H and O–H groups in total. The molecule has 1 saturated carbocycles. The first-order valence-electron chi connectivity index (χ1n) is 7.29. The predicted octanol–water partition coefficient (Wildman–Crippen LogP) is 3.75. The molecule has 1 heterocycles. The maximum atomic E-state index is 4.61. The summed E-state index contributed by atoms with van der Waals surface area (Å²) in [5, 5.41) is 4.33. The van der Waals surface area contributed by atoms with Gasteiger partial charge in [-0.15, -0.1) is 0 Å². The second-order valence-electron chi connectivity index (χ2n) is 5.90. The molecule has 1 aliphatic carbocycles. The van der Waals surface area contributed by atoms with Gasteiger partial charge in [-0.1, -0.05) is 45.9 Å². The lowest BCUT2D eigenvalue weighted by Crippen LogP contribution is -2.51. The van der Waals surface area contributed by atoms with E-state index in [0.29, 0.717) is 16.7 Å². The molecular weight excluding hydrogens is 274 g/mol. The quantitative estimate of drug-likeness (QED) is 0.898. The summed E-state index contributed by atoms with van der Waals surface area (Å²) < 4.78 is 5.54. The monoisotopic (exact) mass is 299 g/mol. The van der Waals surface area contributed by atoms with Crippen molar-refractivity contribution in [2.24, 2.45) is 5.41 Å². The van der Waals surface area contributed by atoms with Crippen LogP contribution in [0.3, 0.4) is 0 Å². The predicted molar refractivity (Wildman–Crippen MR) is 84.0 cm³/mol. The fraction of sp³-hybridized carbons (Fsp3) is 0.857. The Morgan fingerprint density at radius 2 is 2.21 bits per heavy atom. The number of hydrogen-bond donors (Lipinski definition) is 1. The Morgan fingerprint density at radius 1 is 1.42 bits per heavy atom. The zero-order valence-electron chi connectivity index (χ0n) is 12.4. The second kappa shape index (κ2) is 6.55. The van der Waals surface area contributed by atoms with Crippen molar-refractivity contribution < 1.29 is 0 Å². The largest absolute Gasteiger partial charge is 0.313 e. The molecule has 19 heavy (non-hydrogen) atoms. The summed E-state index contributed by atoms with van der Waals surface area (Å²) in [4.78, 5) is 4.61. The molecule has 2 unspecified atom stereocenters. The summed E-state index contributed by atoms with van der Waals surface area (Å²) in [7, 11) is 0. The van der Waals surface area contributed by atoms with Gasteiger partial charge in [0.25, 0.3) is 0 Å². The molecule has 2 rings (SSSR count). The van der Waals surface area contributed by atoms with Crippen molar-refractivity contribution in [3.63, 3.8) is 0 Å². The topological polar surface area (TPSA) is 37.8 Å². The molecule has 5 heteroatoms. The Morgan fingerprint density at radius 3 is 2.84 bits per heavy atom. The summed E-state index contributed by atoms with van der Waals surface area (Å²) >= 11 is 3.50. The molecule has 1 fully saturated rings. The van der Waals surface area contributed by atoms with Crippen LogP contribution >= 0.6 is 23.3 Å². The molecule has 3 nitrogen and oxygen atoms in total. The van der Waals surface area contributed by atoms with Gasteiger partial charge in [0.2, 0.25) is 0 Å². The maximum Gasteiger partial charge on any atom is 0.170 e. The lowest BCUT2D eigenvalue weighted by molar-refractivity contribution is 0.176. The average molecular weight is 300 g/mol. The van der Waals surface area contributed by atoms with Gasteiger partial charge in [-0.2, -0.15) is 4.37 Å². The van der Waals surface area contributed by atoms with Gasteiger partial charge in [0.05, 0.1) is 0 Å². The molecule has 0 spiro atoms. The van der Waals surface area contributed by atoms with E-state index in [4.69, 9.17) is 0 Å². The van der Waals surface area contributed by atoms with Crippen molar-refractivity contribution in [3.05, 3.63) is 5.82 Å². The maximum absolute atomic E-state index is 4.61. The van der Waals surface area contributed by atoms with Gasteiger partial charge in [-0.25, -0.2) is 4.98 Å². The fourth-order valence-electron chi connectivity index (χ4n) is 2.90. The third-order valence-corrected chi connectivity index (χ3v) is 6.13. The van der Waals surface area contributed by atoms with E-state index in [-0.39, 0.29) is 0 Å². The lowest BCUT2D eigenvalue weighted by atomic mass is 9.73. The molecule has 0 amide bonds. The molecule has 1 aromatic rings. The van der Waals surface area contributed by atoms with E-state index in [1.54, 1.807) is 11.5 Å². The average Bonchev–Trinajstić information content (AvgIpc) is 2.81. The Kier molecular flexibility index (Phi) is 5.26. The molecule has 0 radical (unpaired) electrons. The number of aromatic nitrogens is 2. The van der Waals surface area contributed by atoms with Gasteiger partial charge in [0.1, 0.15) is 5.82 Å². The van der Waals surface area contributed by atoms with Gasteiger partial charge < -0.3 is 5.32 Å². The molecule has 1 aromatic heterocycles. The number of nitrogens with one attached hydrogen (secondary N) is 1. The number of aryl methyl sites for hydroxylation is 1. The summed E-state index contributed by atoms with van der Waals surface area (Å²) in [6.45, 7) is 10.1. The first-order chi connectivity index (χ1) is 9.06. The minimum Gasteiger partial charge on any atom is -0.313 e. The van der Waals surface area contributed by atoms with Crippen LogP contribution < -0.4 is 5.32 Å². The van der Waals surface area contributed by atoms with Gasteiger partial charge in [0, 0.05) is 17.7 Å². The Labute approximate surface area is 125 Å². The van der Waals surface area contributed by atoms with Crippen LogP contribution in [0.4, 0.5) is 0 Å². The minimum atomic E-state index is 0.379. The Bertz CT molecular complexity index is 403. The molecule has 2 atom stereocenters. The summed E-state index contributed by atoms with van der Waals surface area (Å²) in [5.74, 6) is 0.988. The summed E-state index contributed by atoms with van der Waals surface area (Å²) in [6, 6.07) is 0.574. The van der Waals surface area contributed by atoms with Crippen molar-refractivity contribution in [1.29, 1.82) is 0 Å². The highest BCUT2D eigenvalue weighted by atomic mass is 32.2. The van der Waals surface area contributed by atoms with Crippen molar-refractivity contribution in [3.8, 4) is 0 Å². The van der Waals surface area contributed by atoms with E-state index in [1.807, 2.05) is 11.8 Å². The molecule has 108 valence electrons. The van der Waals surface area contributed by atoms with Gasteiger partial charge >= 0.3 is 0 Å². The Hall–Kier alpha value is -0.130. The van der Waals surface area contributed by atoms with Crippen LogP contribution in [0.5, 0.6) is 0 Å². The van der Waals surface area contributed by atoms with Crippen LogP contribution in [0.15, 0.2) is 4.34 Å². The van der Waals surface area contributed by atoms with E-state index in [9.17, 15) is 0 Å². The summed E-state index contributed by atoms with van der Waals surface area (Å²) in [6.07, 6.45) is 4.86. The van der Waals surface area contributed by atoms with Crippen molar-refractivity contribution in [1.82, 2.24) is 14.7 Å². The van der Waals surface area contributed by atoms with Crippen LogP contribution in [0.25, 0.3) is 0 Å². The normalized spacial score (nSPS) is 26.5. The second-order valence-corrected chi connectivity index (χ2v) is 8.14. The zero-order chi connectivity index (χ0) is 13.9. The highest BCUT2D eigenvalue weighted by Gasteiger charge is 2.39. The molecule has 0 bridgehead atoms. The van der Waals surface area contributed by atoms with Crippen LogP contribution in [0.1, 0.15) is 52.8 Å². The third-order valence-electron chi connectivity index (χ3n) is 3.97. The number of rotatable bonds is 5. The standard InChI is InChI=1S/C14H25N3S2/c1-5-11-16-13(19-17-11)18-10-8-7-9-14(3,4)12(10)15-6-2/h10,12,15H,5-9H2,1-4H3. The van der Waals surface area contributed by atoms with Gasteiger partial charge in [-0.05, 0) is 36.3 Å². The molecule has 1 aliphatic rings. The van der Waals surface area contributed by atoms with E-state index in [1.165, 1.54) is 19.3 Å². The summed E-state index contributed by atoms with van der Waals surface area (Å²) in [5.41, 5.74) is 0.379. The van der Waals surface area contributed by atoms with Crippen LogP contribution in [0.2, 0.25) is 0 Å². The zero-order valence-corrected chi connectivity index (χ0v) is 14.0. The Balaban J connectivity index is 2.07. The molecule has 0 aliphatic heterocycles. The van der Waals surface area contributed by atoms with E-state index < -0.39 is 0 Å². The number of thioether (sulfide) groups is 1.